The molecule has 0 spiro atoms. The van der Waals surface area contributed by atoms with Crippen molar-refractivity contribution >= 4 is 23.0 Å². The lowest BCUT2D eigenvalue weighted by molar-refractivity contribution is 0.0602. The highest BCUT2D eigenvalue weighted by atomic mass is 32.1. The van der Waals surface area contributed by atoms with Crippen molar-refractivity contribution in [2.24, 2.45) is 0 Å². The van der Waals surface area contributed by atoms with Gasteiger partial charge in [0.25, 0.3) is 0 Å². The second-order valence-electron chi connectivity index (χ2n) is 5.01. The number of fused-ring (bicyclic) bond motifs is 1. The maximum Gasteiger partial charge on any atom is 0.341 e. The fourth-order valence-electron chi connectivity index (χ4n) is 2.46. The van der Waals surface area contributed by atoms with E-state index < -0.39 is 5.97 Å². The van der Waals surface area contributed by atoms with Crippen molar-refractivity contribution in [3.63, 3.8) is 0 Å². The third-order valence-corrected chi connectivity index (χ3v) is 4.48. The number of methoxy groups -OCH3 is 1. The fourth-order valence-corrected chi connectivity index (χ4v) is 3.20. The van der Waals surface area contributed by atoms with Crippen molar-refractivity contribution in [1.29, 1.82) is 0 Å². The summed E-state index contributed by atoms with van der Waals surface area (Å²) in [6, 6.07) is 11.2. The quantitative estimate of drug-likeness (QED) is 0.537. The van der Waals surface area contributed by atoms with Gasteiger partial charge in [0.1, 0.15) is 5.56 Å². The van der Waals surface area contributed by atoms with Crippen LogP contribution < -0.4 is 0 Å². The number of hydrogen-bond acceptors (Lipinski definition) is 6. The molecule has 0 amide bonds. The number of carbonyl (C=O) groups is 1. The molecule has 0 saturated heterocycles. The first-order valence-electron chi connectivity index (χ1n) is 7.20. The fraction of sp³-hybridized carbons (Fsp3) is 0.0588. The van der Waals surface area contributed by atoms with Gasteiger partial charge in [-0.15, -0.1) is 16.4 Å². The number of pyridine rings is 2. The lowest BCUT2D eigenvalue weighted by Crippen LogP contribution is -2.05. The summed E-state index contributed by atoms with van der Waals surface area (Å²) >= 11 is 1.60. The molecule has 24 heavy (non-hydrogen) atoms. The number of esters is 1. The van der Waals surface area contributed by atoms with E-state index in [1.165, 1.54) is 7.11 Å². The Kier molecular flexibility index (Phi) is 3.55. The smallest absolute Gasteiger partial charge is 0.341 e. The summed E-state index contributed by atoms with van der Waals surface area (Å²) in [5, 5.41) is 6.58. The van der Waals surface area contributed by atoms with Crippen LogP contribution in [-0.2, 0) is 4.74 Å². The Morgan fingerprint density at radius 2 is 2.12 bits per heavy atom. The Bertz CT molecular complexity index is 1010. The van der Waals surface area contributed by atoms with E-state index in [-0.39, 0.29) is 0 Å². The summed E-state index contributed by atoms with van der Waals surface area (Å²) in [5.74, 6) is 0.0696. The maximum absolute atomic E-state index is 12.1. The zero-order chi connectivity index (χ0) is 16.5. The average Bonchev–Trinajstić information content (AvgIpc) is 3.30. The number of carbonyl (C=O) groups excluding carboxylic acids is 1. The summed E-state index contributed by atoms with van der Waals surface area (Å²) in [7, 11) is 1.35. The maximum atomic E-state index is 12.1. The van der Waals surface area contributed by atoms with Gasteiger partial charge in [0, 0.05) is 18.0 Å². The molecule has 0 bridgehead atoms. The van der Waals surface area contributed by atoms with Gasteiger partial charge in [0.15, 0.2) is 11.5 Å². The van der Waals surface area contributed by atoms with Gasteiger partial charge in [-0.25, -0.2) is 14.3 Å². The minimum Gasteiger partial charge on any atom is -0.465 e. The summed E-state index contributed by atoms with van der Waals surface area (Å²) < 4.78 is 6.54. The van der Waals surface area contributed by atoms with E-state index in [1.54, 1.807) is 34.3 Å². The lowest BCUT2D eigenvalue weighted by Gasteiger charge is -2.05. The summed E-state index contributed by atoms with van der Waals surface area (Å²) in [5.41, 5.74) is 2.50. The van der Waals surface area contributed by atoms with Gasteiger partial charge in [-0.1, -0.05) is 6.07 Å². The molecule has 0 fully saturated rings. The number of aromatic nitrogens is 4. The normalized spacial score (nSPS) is 10.9. The molecule has 0 radical (unpaired) electrons. The molecule has 0 aliphatic carbocycles. The van der Waals surface area contributed by atoms with Crippen molar-refractivity contribution in [3.05, 3.63) is 59.7 Å². The summed E-state index contributed by atoms with van der Waals surface area (Å²) in [4.78, 5) is 21.7. The largest absolute Gasteiger partial charge is 0.465 e. The molecule has 0 N–H and O–H groups in total. The Morgan fingerprint density at radius 1 is 1.21 bits per heavy atom. The number of hydrogen-bond donors (Lipinski definition) is 0. The van der Waals surface area contributed by atoms with E-state index in [0.717, 1.165) is 16.1 Å². The molecule has 118 valence electrons. The minimum absolute atomic E-state index is 0.375. The molecule has 0 aliphatic rings. The molecular weight excluding hydrogens is 324 g/mol. The first-order chi connectivity index (χ1) is 11.8. The second kappa shape index (κ2) is 5.86. The van der Waals surface area contributed by atoms with E-state index in [2.05, 4.69) is 15.1 Å². The highest BCUT2D eigenvalue weighted by Crippen LogP contribution is 2.28. The molecule has 4 heterocycles. The van der Waals surface area contributed by atoms with Gasteiger partial charge < -0.3 is 4.74 Å². The Labute approximate surface area is 141 Å². The predicted octanol–water partition coefficient (Wildman–Crippen LogP) is 3.31. The van der Waals surface area contributed by atoms with Crippen LogP contribution in [0, 0.1) is 0 Å². The van der Waals surface area contributed by atoms with E-state index in [9.17, 15) is 4.79 Å². The van der Waals surface area contributed by atoms with Crippen LogP contribution in [0.2, 0.25) is 0 Å². The molecule has 4 aromatic heterocycles. The number of rotatable bonds is 3. The molecule has 0 aliphatic heterocycles. The first-order valence-corrected chi connectivity index (χ1v) is 8.08. The van der Waals surface area contributed by atoms with Gasteiger partial charge in [0.2, 0.25) is 0 Å². The molecule has 6 nitrogen and oxygen atoms in total. The van der Waals surface area contributed by atoms with Crippen LogP contribution in [0.4, 0.5) is 0 Å². The molecule has 0 saturated carbocycles. The Balaban J connectivity index is 2.00. The molecular formula is C17H12N4O2S. The van der Waals surface area contributed by atoms with Crippen molar-refractivity contribution in [2.45, 2.75) is 0 Å². The molecule has 0 unspecified atom stereocenters. The van der Waals surface area contributed by atoms with E-state index in [1.807, 2.05) is 35.7 Å². The standard InChI is InChI=1S/C17H12N4O2S/c1-23-17(22)12-6-7-13(14-5-3-9-24-14)21-16(12)19-15(20-21)11-4-2-8-18-10-11/h2-10H,1H3. The third-order valence-electron chi connectivity index (χ3n) is 3.58. The van der Waals surface area contributed by atoms with Gasteiger partial charge in [-0.2, -0.15) is 0 Å². The Morgan fingerprint density at radius 3 is 2.83 bits per heavy atom. The average molecular weight is 336 g/mol. The highest BCUT2D eigenvalue weighted by Gasteiger charge is 2.19. The summed E-state index contributed by atoms with van der Waals surface area (Å²) in [6.45, 7) is 0. The molecule has 0 atom stereocenters. The van der Waals surface area contributed by atoms with Crippen molar-refractivity contribution in [2.75, 3.05) is 7.11 Å². The molecule has 4 aromatic rings. The zero-order valence-electron chi connectivity index (χ0n) is 12.7. The predicted molar refractivity (Wildman–Crippen MR) is 90.9 cm³/mol. The van der Waals surface area contributed by atoms with Crippen molar-refractivity contribution < 1.29 is 9.53 Å². The molecule has 7 heteroatoms. The number of nitrogens with zero attached hydrogens (tertiary/aromatic N) is 4. The first kappa shape index (κ1) is 14.5. The van der Waals surface area contributed by atoms with Gasteiger partial charge in [-0.3, -0.25) is 4.98 Å². The van der Waals surface area contributed by atoms with Crippen LogP contribution >= 0.6 is 11.3 Å². The van der Waals surface area contributed by atoms with Gasteiger partial charge in [0.05, 0.1) is 17.7 Å². The van der Waals surface area contributed by atoms with Crippen LogP contribution in [0.15, 0.2) is 54.2 Å². The van der Waals surface area contributed by atoms with Gasteiger partial charge >= 0.3 is 5.97 Å². The summed E-state index contributed by atoms with van der Waals surface area (Å²) in [6.07, 6.45) is 3.38. The third kappa shape index (κ3) is 2.35. The molecule has 0 aromatic carbocycles. The number of thiophene rings is 1. The zero-order valence-corrected chi connectivity index (χ0v) is 13.5. The minimum atomic E-state index is -0.442. The lowest BCUT2D eigenvalue weighted by atomic mass is 10.2. The molecule has 4 rings (SSSR count). The van der Waals surface area contributed by atoms with Crippen LogP contribution in [0.1, 0.15) is 10.4 Å². The topological polar surface area (TPSA) is 69.4 Å². The van der Waals surface area contributed by atoms with E-state index in [4.69, 9.17) is 4.74 Å². The van der Waals surface area contributed by atoms with Crippen LogP contribution in [0.3, 0.4) is 0 Å². The van der Waals surface area contributed by atoms with Crippen LogP contribution in [-0.4, -0.2) is 32.7 Å². The van der Waals surface area contributed by atoms with E-state index >= 15 is 0 Å². The van der Waals surface area contributed by atoms with Gasteiger partial charge in [-0.05, 0) is 35.7 Å². The Hall–Kier alpha value is -3.06. The van der Waals surface area contributed by atoms with Crippen molar-refractivity contribution in [1.82, 2.24) is 19.6 Å². The SMILES string of the molecule is COC(=O)c1ccc(-c2cccs2)n2nc(-c3cccnc3)nc12. The highest BCUT2D eigenvalue weighted by molar-refractivity contribution is 7.13. The van der Waals surface area contributed by atoms with Crippen LogP contribution in [0.5, 0.6) is 0 Å². The van der Waals surface area contributed by atoms with Crippen LogP contribution in [0.25, 0.3) is 27.6 Å². The second-order valence-corrected chi connectivity index (χ2v) is 5.96. The number of ether oxygens (including phenoxy) is 1. The van der Waals surface area contributed by atoms with Crippen molar-refractivity contribution in [3.8, 4) is 22.0 Å². The monoisotopic (exact) mass is 336 g/mol. The van der Waals surface area contributed by atoms with E-state index in [0.29, 0.717) is 17.0 Å².